The fourth-order valence-corrected chi connectivity index (χ4v) is 1.12. The van der Waals surface area contributed by atoms with Crippen LogP contribution in [0.5, 0.6) is 0 Å². The lowest BCUT2D eigenvalue weighted by Gasteiger charge is -2.31. The fourth-order valence-electron chi connectivity index (χ4n) is 1.12. The molecule has 4 N–H and O–H groups in total. The van der Waals surface area contributed by atoms with Gasteiger partial charge in [-0.3, -0.25) is 0 Å². The van der Waals surface area contributed by atoms with Crippen molar-refractivity contribution in [1.82, 2.24) is 4.90 Å². The third kappa shape index (κ3) is 1.81. The number of aliphatic hydroxyl groups excluding tert-OH is 2. The zero-order valence-corrected chi connectivity index (χ0v) is 6.10. The standard InChI is InChI=1S/C6H12N2O3/c7-6(11)8-2-1-4(9)5(10)3-8/h4-5,9-10H,1-3H2,(H2,7,11). The van der Waals surface area contributed by atoms with Gasteiger partial charge in [0.25, 0.3) is 0 Å². The third-order valence-electron chi connectivity index (χ3n) is 1.86. The van der Waals surface area contributed by atoms with Crippen molar-refractivity contribution < 1.29 is 15.0 Å². The summed E-state index contributed by atoms with van der Waals surface area (Å²) in [4.78, 5) is 11.9. The maximum absolute atomic E-state index is 10.6. The van der Waals surface area contributed by atoms with Crippen LogP contribution in [0, 0.1) is 0 Å². The Morgan fingerprint density at radius 2 is 2.09 bits per heavy atom. The molecular formula is C6H12N2O3. The van der Waals surface area contributed by atoms with Gasteiger partial charge in [0.2, 0.25) is 0 Å². The molecule has 11 heavy (non-hydrogen) atoms. The van der Waals surface area contributed by atoms with Crippen LogP contribution < -0.4 is 5.73 Å². The van der Waals surface area contributed by atoms with E-state index in [9.17, 15) is 4.79 Å². The minimum atomic E-state index is -0.851. The van der Waals surface area contributed by atoms with Crippen molar-refractivity contribution in [3.05, 3.63) is 0 Å². The Bertz CT molecular complexity index is 162. The van der Waals surface area contributed by atoms with Crippen molar-refractivity contribution in [2.24, 2.45) is 5.73 Å². The van der Waals surface area contributed by atoms with Gasteiger partial charge in [-0.15, -0.1) is 0 Å². The molecule has 1 heterocycles. The average molecular weight is 160 g/mol. The lowest BCUT2D eigenvalue weighted by Crippen LogP contribution is -2.50. The quantitative estimate of drug-likeness (QED) is 0.402. The number of β-amino-alcohol motifs (C(OH)–C–C–N with tert-alkyl or cyclic N) is 1. The number of hydrogen-bond donors (Lipinski definition) is 3. The zero-order valence-electron chi connectivity index (χ0n) is 6.10. The normalized spacial score (nSPS) is 32.0. The smallest absolute Gasteiger partial charge is 0.314 e. The van der Waals surface area contributed by atoms with E-state index in [0.717, 1.165) is 0 Å². The Balaban J connectivity index is 2.46. The maximum Gasteiger partial charge on any atom is 0.314 e. The van der Waals surface area contributed by atoms with Crippen LogP contribution in [0.2, 0.25) is 0 Å². The van der Waals surface area contributed by atoms with Crippen LogP contribution in [0.3, 0.4) is 0 Å². The van der Waals surface area contributed by atoms with Crippen molar-refractivity contribution in [3.8, 4) is 0 Å². The van der Waals surface area contributed by atoms with Gasteiger partial charge >= 0.3 is 6.03 Å². The summed E-state index contributed by atoms with van der Waals surface area (Å²) < 4.78 is 0. The minimum Gasteiger partial charge on any atom is -0.390 e. The van der Waals surface area contributed by atoms with E-state index in [4.69, 9.17) is 15.9 Å². The predicted octanol–water partition coefficient (Wildman–Crippen LogP) is -1.51. The Morgan fingerprint density at radius 1 is 1.45 bits per heavy atom. The Morgan fingerprint density at radius 3 is 2.55 bits per heavy atom. The zero-order chi connectivity index (χ0) is 8.43. The summed E-state index contributed by atoms with van der Waals surface area (Å²) in [5, 5.41) is 18.1. The summed E-state index contributed by atoms with van der Waals surface area (Å²) in [5.41, 5.74) is 4.97. The molecule has 2 amide bonds. The number of carbonyl (C=O) groups is 1. The summed E-state index contributed by atoms with van der Waals surface area (Å²) in [7, 11) is 0. The molecule has 1 aliphatic rings. The molecule has 1 saturated heterocycles. The topological polar surface area (TPSA) is 86.8 Å². The highest BCUT2D eigenvalue weighted by Crippen LogP contribution is 2.09. The highest BCUT2D eigenvalue weighted by atomic mass is 16.3. The minimum absolute atomic E-state index is 0.135. The number of carbonyl (C=O) groups excluding carboxylic acids is 1. The van der Waals surface area contributed by atoms with Gasteiger partial charge < -0.3 is 20.8 Å². The van der Waals surface area contributed by atoms with Gasteiger partial charge in [-0.05, 0) is 6.42 Å². The summed E-state index contributed by atoms with van der Waals surface area (Å²) in [6, 6.07) is -0.545. The first-order valence-electron chi connectivity index (χ1n) is 3.52. The number of nitrogens with zero attached hydrogens (tertiary/aromatic N) is 1. The van der Waals surface area contributed by atoms with Gasteiger partial charge in [0.05, 0.1) is 18.8 Å². The van der Waals surface area contributed by atoms with Crippen molar-refractivity contribution in [2.45, 2.75) is 18.6 Å². The van der Waals surface area contributed by atoms with E-state index in [-0.39, 0.29) is 6.54 Å². The van der Waals surface area contributed by atoms with E-state index in [1.54, 1.807) is 0 Å². The van der Waals surface area contributed by atoms with E-state index < -0.39 is 18.2 Å². The van der Waals surface area contributed by atoms with Crippen LogP contribution in [-0.4, -0.2) is 46.4 Å². The molecule has 0 saturated carbocycles. The van der Waals surface area contributed by atoms with E-state index in [1.165, 1.54) is 4.90 Å². The van der Waals surface area contributed by atoms with E-state index in [0.29, 0.717) is 13.0 Å². The van der Waals surface area contributed by atoms with E-state index >= 15 is 0 Å². The van der Waals surface area contributed by atoms with Crippen LogP contribution >= 0.6 is 0 Å². The average Bonchev–Trinajstić information content (AvgIpc) is 1.94. The van der Waals surface area contributed by atoms with Crippen LogP contribution in [0.15, 0.2) is 0 Å². The number of rotatable bonds is 0. The largest absolute Gasteiger partial charge is 0.390 e. The van der Waals surface area contributed by atoms with Gasteiger partial charge in [0, 0.05) is 6.54 Å². The molecule has 1 aliphatic heterocycles. The molecule has 5 heteroatoms. The van der Waals surface area contributed by atoms with Crippen molar-refractivity contribution in [3.63, 3.8) is 0 Å². The first kappa shape index (κ1) is 8.29. The molecule has 0 radical (unpaired) electrons. The number of piperidine rings is 1. The first-order chi connectivity index (χ1) is 5.11. The molecule has 0 aromatic carbocycles. The Hall–Kier alpha value is -0.810. The van der Waals surface area contributed by atoms with Gasteiger partial charge in [0.1, 0.15) is 0 Å². The number of nitrogens with two attached hydrogens (primary N) is 1. The summed E-state index contributed by atoms with van der Waals surface area (Å²) in [5.74, 6) is 0. The lowest BCUT2D eigenvalue weighted by molar-refractivity contribution is -0.0268. The first-order valence-corrected chi connectivity index (χ1v) is 3.52. The predicted molar refractivity (Wildman–Crippen MR) is 37.8 cm³/mol. The number of amides is 2. The molecule has 2 atom stereocenters. The van der Waals surface area contributed by atoms with Gasteiger partial charge in [-0.25, -0.2) is 4.79 Å². The second-order valence-corrected chi connectivity index (χ2v) is 2.71. The number of hydrogen-bond acceptors (Lipinski definition) is 3. The number of urea groups is 1. The fraction of sp³-hybridized carbons (Fsp3) is 0.833. The summed E-state index contributed by atoms with van der Waals surface area (Å²) >= 11 is 0. The number of aliphatic hydroxyl groups is 2. The monoisotopic (exact) mass is 160 g/mol. The van der Waals surface area contributed by atoms with Gasteiger partial charge in [0.15, 0.2) is 0 Å². The number of primary amides is 1. The molecule has 64 valence electrons. The van der Waals surface area contributed by atoms with Crippen LogP contribution in [-0.2, 0) is 0 Å². The second kappa shape index (κ2) is 3.06. The van der Waals surface area contributed by atoms with Crippen molar-refractivity contribution in [2.75, 3.05) is 13.1 Å². The SMILES string of the molecule is NC(=O)N1CCC(O)C(O)C1. The van der Waals surface area contributed by atoms with E-state index in [2.05, 4.69) is 0 Å². The Labute approximate surface area is 64.4 Å². The highest BCUT2D eigenvalue weighted by molar-refractivity contribution is 5.72. The molecule has 0 aliphatic carbocycles. The summed E-state index contributed by atoms with van der Waals surface area (Å²) in [6.07, 6.45) is -1.17. The van der Waals surface area contributed by atoms with Crippen LogP contribution in [0.1, 0.15) is 6.42 Å². The highest BCUT2D eigenvalue weighted by Gasteiger charge is 2.27. The molecule has 0 spiro atoms. The second-order valence-electron chi connectivity index (χ2n) is 2.71. The molecule has 0 bridgehead atoms. The number of likely N-dealkylation sites (tertiary alicyclic amines) is 1. The Kier molecular flexibility index (Phi) is 2.31. The molecule has 5 nitrogen and oxygen atoms in total. The molecule has 1 rings (SSSR count). The van der Waals surface area contributed by atoms with Crippen LogP contribution in [0.25, 0.3) is 0 Å². The summed E-state index contributed by atoms with van der Waals surface area (Å²) in [6.45, 7) is 0.560. The van der Waals surface area contributed by atoms with Crippen molar-refractivity contribution in [1.29, 1.82) is 0 Å². The third-order valence-corrected chi connectivity index (χ3v) is 1.86. The van der Waals surface area contributed by atoms with Gasteiger partial charge in [-0.1, -0.05) is 0 Å². The van der Waals surface area contributed by atoms with E-state index in [1.807, 2.05) is 0 Å². The molecule has 0 aromatic rings. The van der Waals surface area contributed by atoms with Crippen LogP contribution in [0.4, 0.5) is 4.79 Å². The maximum atomic E-state index is 10.6. The molecular weight excluding hydrogens is 148 g/mol. The van der Waals surface area contributed by atoms with Gasteiger partial charge in [-0.2, -0.15) is 0 Å². The molecule has 0 aromatic heterocycles. The molecule has 2 unspecified atom stereocenters. The lowest BCUT2D eigenvalue weighted by atomic mass is 10.1. The van der Waals surface area contributed by atoms with Crippen molar-refractivity contribution >= 4 is 6.03 Å². The molecule has 1 fully saturated rings.